The number of hydrogen-bond donors (Lipinski definition) is 0. The lowest BCUT2D eigenvalue weighted by Gasteiger charge is -2.23. The molecule has 0 fully saturated rings. The van der Waals surface area contributed by atoms with Gasteiger partial charge in [0, 0.05) is 0 Å². The Bertz CT molecular complexity index is 264. The van der Waals surface area contributed by atoms with Crippen LogP contribution in [0, 0.1) is 0 Å². The lowest BCUT2D eigenvalue weighted by Crippen LogP contribution is -2.04. The molecule has 0 heterocycles. The van der Waals surface area contributed by atoms with Gasteiger partial charge in [-0.1, -0.05) is 23.8 Å². The first kappa shape index (κ1) is 7.85. The van der Waals surface area contributed by atoms with Crippen LogP contribution < -0.4 is 0 Å². The maximum absolute atomic E-state index is 2.33. The van der Waals surface area contributed by atoms with Crippen molar-refractivity contribution < 1.29 is 0 Å². The molecule has 0 heteroatoms. The molecule has 0 unspecified atom stereocenters. The van der Waals surface area contributed by atoms with Gasteiger partial charge in [-0.2, -0.15) is 0 Å². The van der Waals surface area contributed by atoms with Crippen LogP contribution >= 0.6 is 0 Å². The normalized spacial score (nSPS) is 26.2. The average molecular weight is 160 g/mol. The average Bonchev–Trinajstić information content (AvgIpc) is 2.17. The van der Waals surface area contributed by atoms with Crippen LogP contribution in [-0.2, 0) is 0 Å². The van der Waals surface area contributed by atoms with Crippen LogP contribution in [0.3, 0.4) is 0 Å². The summed E-state index contributed by atoms with van der Waals surface area (Å²) >= 11 is 0. The molecule has 2 aliphatic rings. The first-order valence-corrected chi connectivity index (χ1v) is 4.96. The highest BCUT2D eigenvalue weighted by atomic mass is 14.2. The van der Waals surface area contributed by atoms with E-state index in [4.69, 9.17) is 0 Å². The molecule has 2 aliphatic carbocycles. The van der Waals surface area contributed by atoms with Crippen molar-refractivity contribution in [2.45, 2.75) is 39.0 Å². The Hall–Kier alpha value is -0.780. The lowest BCUT2D eigenvalue weighted by atomic mass is 9.82. The SMILES string of the molecule is C/C=C1\CCCC2=C1C=CCC2. The van der Waals surface area contributed by atoms with Gasteiger partial charge in [-0.05, 0) is 50.2 Å². The second-order valence-electron chi connectivity index (χ2n) is 3.63. The Morgan fingerprint density at radius 3 is 3.00 bits per heavy atom. The van der Waals surface area contributed by atoms with Crippen LogP contribution in [0.5, 0.6) is 0 Å². The van der Waals surface area contributed by atoms with Crippen LogP contribution in [0.25, 0.3) is 0 Å². The van der Waals surface area contributed by atoms with Crippen molar-refractivity contribution in [3.63, 3.8) is 0 Å². The molecular formula is C12H16. The van der Waals surface area contributed by atoms with E-state index in [1.54, 1.807) is 16.7 Å². The van der Waals surface area contributed by atoms with Crippen molar-refractivity contribution in [2.24, 2.45) is 0 Å². The van der Waals surface area contributed by atoms with E-state index in [0.717, 1.165) is 0 Å². The highest BCUT2D eigenvalue weighted by Gasteiger charge is 2.15. The topological polar surface area (TPSA) is 0 Å². The minimum absolute atomic E-state index is 1.26. The van der Waals surface area contributed by atoms with Crippen molar-refractivity contribution in [1.82, 2.24) is 0 Å². The summed E-state index contributed by atoms with van der Waals surface area (Å²) < 4.78 is 0. The van der Waals surface area contributed by atoms with Gasteiger partial charge in [0.1, 0.15) is 0 Å². The molecule has 2 rings (SSSR count). The van der Waals surface area contributed by atoms with Gasteiger partial charge in [0.15, 0.2) is 0 Å². The quantitative estimate of drug-likeness (QED) is 0.506. The molecule has 0 spiro atoms. The van der Waals surface area contributed by atoms with Crippen molar-refractivity contribution >= 4 is 0 Å². The fourth-order valence-electron chi connectivity index (χ4n) is 2.23. The minimum atomic E-state index is 1.26. The molecule has 64 valence electrons. The highest BCUT2D eigenvalue weighted by molar-refractivity contribution is 5.46. The Morgan fingerprint density at radius 2 is 2.17 bits per heavy atom. The largest absolute Gasteiger partial charge is 0.0838 e. The molecule has 0 radical (unpaired) electrons. The zero-order valence-corrected chi connectivity index (χ0v) is 7.77. The molecule has 0 aromatic heterocycles. The van der Waals surface area contributed by atoms with E-state index in [2.05, 4.69) is 25.2 Å². The van der Waals surface area contributed by atoms with E-state index in [1.807, 2.05) is 0 Å². The van der Waals surface area contributed by atoms with Crippen molar-refractivity contribution in [2.75, 3.05) is 0 Å². The number of hydrogen-bond acceptors (Lipinski definition) is 0. The zero-order valence-electron chi connectivity index (χ0n) is 7.77. The maximum atomic E-state index is 2.33. The van der Waals surface area contributed by atoms with Gasteiger partial charge >= 0.3 is 0 Å². The van der Waals surface area contributed by atoms with Crippen LogP contribution in [0.15, 0.2) is 34.9 Å². The van der Waals surface area contributed by atoms with Gasteiger partial charge in [0.25, 0.3) is 0 Å². The summed E-state index contributed by atoms with van der Waals surface area (Å²) in [7, 11) is 0. The number of allylic oxidation sites excluding steroid dienone is 6. The lowest BCUT2D eigenvalue weighted by molar-refractivity contribution is 0.721. The molecular weight excluding hydrogens is 144 g/mol. The van der Waals surface area contributed by atoms with Gasteiger partial charge in [0.2, 0.25) is 0 Å². The Balaban J connectivity index is 2.37. The van der Waals surface area contributed by atoms with Crippen molar-refractivity contribution in [3.8, 4) is 0 Å². The number of rotatable bonds is 0. The molecule has 0 saturated carbocycles. The van der Waals surface area contributed by atoms with Gasteiger partial charge in [0.05, 0.1) is 0 Å². The van der Waals surface area contributed by atoms with Crippen molar-refractivity contribution in [1.29, 1.82) is 0 Å². The Labute approximate surface area is 74.7 Å². The Morgan fingerprint density at radius 1 is 1.25 bits per heavy atom. The second-order valence-corrected chi connectivity index (χ2v) is 3.63. The van der Waals surface area contributed by atoms with E-state index in [-0.39, 0.29) is 0 Å². The summed E-state index contributed by atoms with van der Waals surface area (Å²) in [5.41, 5.74) is 4.85. The summed E-state index contributed by atoms with van der Waals surface area (Å²) in [5.74, 6) is 0. The fourth-order valence-corrected chi connectivity index (χ4v) is 2.23. The van der Waals surface area contributed by atoms with Crippen LogP contribution in [0.1, 0.15) is 39.0 Å². The molecule has 0 N–H and O–H groups in total. The van der Waals surface area contributed by atoms with E-state index >= 15 is 0 Å². The van der Waals surface area contributed by atoms with Crippen molar-refractivity contribution in [3.05, 3.63) is 34.9 Å². The summed E-state index contributed by atoms with van der Waals surface area (Å²) in [6.07, 6.45) is 13.5. The third kappa shape index (κ3) is 1.26. The van der Waals surface area contributed by atoms with Gasteiger partial charge in [-0.15, -0.1) is 0 Å². The van der Waals surface area contributed by atoms with E-state index < -0.39 is 0 Å². The van der Waals surface area contributed by atoms with E-state index in [0.29, 0.717) is 0 Å². The zero-order chi connectivity index (χ0) is 8.39. The summed E-state index contributed by atoms with van der Waals surface area (Å²) in [4.78, 5) is 0. The third-order valence-corrected chi connectivity index (χ3v) is 2.90. The molecule has 0 saturated heterocycles. The molecule has 0 amide bonds. The molecule has 0 aromatic carbocycles. The molecule has 0 aliphatic heterocycles. The van der Waals surface area contributed by atoms with Crippen LogP contribution in [0.2, 0.25) is 0 Å². The smallest absolute Gasteiger partial charge is 0.0239 e. The Kier molecular flexibility index (Phi) is 2.16. The minimum Gasteiger partial charge on any atom is -0.0838 e. The summed E-state index contributed by atoms with van der Waals surface area (Å²) in [6.45, 7) is 2.16. The van der Waals surface area contributed by atoms with Crippen LogP contribution in [-0.4, -0.2) is 0 Å². The van der Waals surface area contributed by atoms with Gasteiger partial charge < -0.3 is 0 Å². The highest BCUT2D eigenvalue weighted by Crippen LogP contribution is 2.35. The van der Waals surface area contributed by atoms with Gasteiger partial charge in [-0.25, -0.2) is 0 Å². The van der Waals surface area contributed by atoms with Crippen LogP contribution in [0.4, 0.5) is 0 Å². The predicted octanol–water partition coefficient (Wildman–Crippen LogP) is 3.76. The molecule has 12 heavy (non-hydrogen) atoms. The standard InChI is InChI=1S/C12H16/c1-2-10-7-5-8-11-6-3-4-9-12(10)11/h2,4,9H,3,5-8H2,1H3/b10-2+. The first-order valence-electron chi connectivity index (χ1n) is 4.96. The molecule has 0 nitrogen and oxygen atoms in total. The van der Waals surface area contributed by atoms with Gasteiger partial charge in [-0.3, -0.25) is 0 Å². The summed E-state index contributed by atoms with van der Waals surface area (Å²) in [6, 6.07) is 0. The fraction of sp³-hybridized carbons (Fsp3) is 0.500. The first-order chi connectivity index (χ1) is 5.92. The predicted molar refractivity (Wildman–Crippen MR) is 53.0 cm³/mol. The molecule has 0 atom stereocenters. The summed E-state index contributed by atoms with van der Waals surface area (Å²) in [5, 5.41) is 0. The van der Waals surface area contributed by atoms with E-state index in [1.165, 1.54) is 32.1 Å². The monoisotopic (exact) mass is 160 g/mol. The molecule has 0 aromatic rings. The second kappa shape index (κ2) is 3.30. The third-order valence-electron chi connectivity index (χ3n) is 2.90. The molecule has 0 bridgehead atoms. The van der Waals surface area contributed by atoms with E-state index in [9.17, 15) is 0 Å². The maximum Gasteiger partial charge on any atom is -0.0239 e.